The lowest BCUT2D eigenvalue weighted by molar-refractivity contribution is -0.207. The fourth-order valence-corrected chi connectivity index (χ4v) is 2.37. The fraction of sp³-hybridized carbons (Fsp3) is 0.833. The zero-order valence-electron chi connectivity index (χ0n) is 11.5. The van der Waals surface area contributed by atoms with E-state index in [1.54, 1.807) is 7.11 Å². The number of ether oxygens (including phenoxy) is 3. The number of methoxy groups -OCH3 is 2. The van der Waals surface area contributed by atoms with E-state index in [9.17, 15) is 9.59 Å². The lowest BCUT2D eigenvalue weighted by atomic mass is 9.73. The summed E-state index contributed by atoms with van der Waals surface area (Å²) in [5.74, 6) is -1.13. The quantitative estimate of drug-likeness (QED) is 0.549. The molecule has 0 aromatic carbocycles. The third kappa shape index (κ3) is 2.49. The summed E-state index contributed by atoms with van der Waals surface area (Å²) in [7, 11) is 3.09. The van der Waals surface area contributed by atoms with Crippen LogP contribution in [-0.2, 0) is 23.8 Å². The number of β-lactam (4-membered cyclic amide) rings is 1. The third-order valence-corrected chi connectivity index (χ3v) is 3.42. The first-order valence-electron chi connectivity index (χ1n) is 5.90. The van der Waals surface area contributed by atoms with E-state index in [2.05, 4.69) is 5.32 Å². The van der Waals surface area contributed by atoms with E-state index in [-0.39, 0.29) is 18.4 Å². The Morgan fingerprint density at radius 3 is 2.39 bits per heavy atom. The maximum absolute atomic E-state index is 11.8. The SMILES string of the molecule is COC[C@@](OC)(C(C)C)C1C(=O)N[C@@H]1OC(C)=O. The molecule has 0 aliphatic carbocycles. The van der Waals surface area contributed by atoms with Gasteiger partial charge in [-0.05, 0) is 5.92 Å². The number of esters is 1. The second kappa shape index (κ2) is 5.67. The van der Waals surface area contributed by atoms with Gasteiger partial charge in [-0.15, -0.1) is 0 Å². The van der Waals surface area contributed by atoms with E-state index >= 15 is 0 Å². The molecule has 0 radical (unpaired) electrons. The summed E-state index contributed by atoms with van der Waals surface area (Å²) in [6, 6.07) is 0. The number of rotatable bonds is 6. The van der Waals surface area contributed by atoms with Crippen LogP contribution in [0.1, 0.15) is 20.8 Å². The van der Waals surface area contributed by atoms with Crippen molar-refractivity contribution in [2.75, 3.05) is 20.8 Å². The molecular formula is C12H21NO5. The number of hydrogen-bond donors (Lipinski definition) is 1. The Balaban J connectivity index is 2.96. The van der Waals surface area contributed by atoms with E-state index in [1.165, 1.54) is 14.0 Å². The van der Waals surface area contributed by atoms with Gasteiger partial charge in [0.25, 0.3) is 0 Å². The maximum Gasteiger partial charge on any atom is 0.304 e. The molecule has 18 heavy (non-hydrogen) atoms. The van der Waals surface area contributed by atoms with Gasteiger partial charge >= 0.3 is 5.97 Å². The van der Waals surface area contributed by atoms with Gasteiger partial charge < -0.3 is 19.5 Å². The Labute approximate surface area is 107 Å². The van der Waals surface area contributed by atoms with Gasteiger partial charge in [0.1, 0.15) is 11.5 Å². The van der Waals surface area contributed by atoms with E-state index < -0.39 is 23.7 Å². The van der Waals surface area contributed by atoms with Gasteiger partial charge in [-0.1, -0.05) is 13.8 Å². The predicted octanol–water partition coefficient (Wildman–Crippen LogP) is 0.309. The molecule has 0 aromatic heterocycles. The first kappa shape index (κ1) is 14.9. The molecule has 6 nitrogen and oxygen atoms in total. The van der Waals surface area contributed by atoms with Crippen molar-refractivity contribution in [3.63, 3.8) is 0 Å². The van der Waals surface area contributed by atoms with Gasteiger partial charge in [-0.25, -0.2) is 0 Å². The van der Waals surface area contributed by atoms with Crippen molar-refractivity contribution in [3.8, 4) is 0 Å². The molecule has 1 N–H and O–H groups in total. The normalized spacial score (nSPS) is 26.2. The molecule has 0 saturated carbocycles. The zero-order valence-corrected chi connectivity index (χ0v) is 11.5. The van der Waals surface area contributed by atoms with Crippen molar-refractivity contribution in [2.45, 2.75) is 32.6 Å². The topological polar surface area (TPSA) is 73.9 Å². The molecule has 1 rings (SSSR count). The van der Waals surface area contributed by atoms with Gasteiger partial charge in [0.15, 0.2) is 6.23 Å². The van der Waals surface area contributed by atoms with Crippen LogP contribution in [0.3, 0.4) is 0 Å². The highest BCUT2D eigenvalue weighted by molar-refractivity contribution is 5.87. The highest BCUT2D eigenvalue weighted by Gasteiger charge is 2.57. The third-order valence-electron chi connectivity index (χ3n) is 3.42. The van der Waals surface area contributed by atoms with Gasteiger partial charge in [-0.3, -0.25) is 9.59 Å². The molecule has 1 saturated heterocycles. The van der Waals surface area contributed by atoms with Crippen LogP contribution in [0.15, 0.2) is 0 Å². The van der Waals surface area contributed by atoms with Crippen LogP contribution < -0.4 is 5.32 Å². The first-order valence-corrected chi connectivity index (χ1v) is 5.90. The molecule has 1 amide bonds. The Morgan fingerprint density at radius 2 is 2.06 bits per heavy atom. The molecular weight excluding hydrogens is 238 g/mol. The molecule has 1 heterocycles. The summed E-state index contributed by atoms with van der Waals surface area (Å²) in [5.41, 5.74) is -0.794. The summed E-state index contributed by atoms with van der Waals surface area (Å²) >= 11 is 0. The van der Waals surface area contributed by atoms with Crippen molar-refractivity contribution < 1.29 is 23.8 Å². The van der Waals surface area contributed by atoms with Crippen LogP contribution in [0.25, 0.3) is 0 Å². The van der Waals surface area contributed by atoms with E-state index in [0.29, 0.717) is 0 Å². The van der Waals surface area contributed by atoms with Gasteiger partial charge in [0.05, 0.1) is 6.61 Å². The largest absolute Gasteiger partial charge is 0.441 e. The average Bonchev–Trinajstić information content (AvgIpc) is 2.26. The molecule has 0 spiro atoms. The second-order valence-electron chi connectivity index (χ2n) is 4.76. The molecule has 1 aliphatic rings. The Hall–Kier alpha value is -1.14. The van der Waals surface area contributed by atoms with Crippen LogP contribution in [0.5, 0.6) is 0 Å². The van der Waals surface area contributed by atoms with Crippen molar-refractivity contribution in [3.05, 3.63) is 0 Å². The van der Waals surface area contributed by atoms with E-state index in [4.69, 9.17) is 14.2 Å². The van der Waals surface area contributed by atoms with Gasteiger partial charge in [-0.2, -0.15) is 0 Å². The summed E-state index contributed by atoms with van der Waals surface area (Å²) in [4.78, 5) is 22.8. The van der Waals surface area contributed by atoms with Crippen LogP contribution in [-0.4, -0.2) is 44.5 Å². The Bertz CT molecular complexity index is 330. The zero-order chi connectivity index (χ0) is 13.9. The van der Waals surface area contributed by atoms with Crippen molar-refractivity contribution in [2.24, 2.45) is 11.8 Å². The summed E-state index contributed by atoms with van der Waals surface area (Å²) in [5, 5.41) is 2.56. The minimum Gasteiger partial charge on any atom is -0.441 e. The van der Waals surface area contributed by atoms with Crippen molar-refractivity contribution in [1.29, 1.82) is 0 Å². The number of hydrogen-bond acceptors (Lipinski definition) is 5. The molecule has 104 valence electrons. The van der Waals surface area contributed by atoms with E-state index in [1.807, 2.05) is 13.8 Å². The molecule has 1 fully saturated rings. The molecule has 1 unspecified atom stereocenters. The minimum atomic E-state index is -0.794. The lowest BCUT2D eigenvalue weighted by Crippen LogP contribution is -2.71. The number of amides is 1. The van der Waals surface area contributed by atoms with Crippen LogP contribution in [0, 0.1) is 11.8 Å². The highest BCUT2D eigenvalue weighted by Crippen LogP contribution is 2.37. The first-order chi connectivity index (χ1) is 8.39. The highest BCUT2D eigenvalue weighted by atomic mass is 16.6. The molecule has 6 heteroatoms. The van der Waals surface area contributed by atoms with Crippen LogP contribution in [0.2, 0.25) is 0 Å². The Kier molecular flexibility index (Phi) is 4.70. The molecule has 0 aromatic rings. The number of carbonyl (C=O) groups is 2. The minimum absolute atomic E-state index is 0.0385. The maximum atomic E-state index is 11.8. The second-order valence-corrected chi connectivity index (χ2v) is 4.76. The molecule has 1 aliphatic heterocycles. The summed E-state index contributed by atoms with van der Waals surface area (Å²) in [6.07, 6.45) is -0.646. The standard InChI is InChI=1S/C12H21NO5/c1-7(2)12(17-5,6-16-4)9-10(15)13-11(9)18-8(3)14/h7,9,11H,6H2,1-5H3,(H,13,15)/t9?,11-,12-/m1/s1. The average molecular weight is 259 g/mol. The van der Waals surface area contributed by atoms with Crippen molar-refractivity contribution >= 4 is 11.9 Å². The van der Waals surface area contributed by atoms with Crippen LogP contribution >= 0.6 is 0 Å². The van der Waals surface area contributed by atoms with Crippen molar-refractivity contribution in [1.82, 2.24) is 5.32 Å². The number of nitrogens with one attached hydrogen (secondary N) is 1. The number of carbonyl (C=O) groups excluding carboxylic acids is 2. The monoisotopic (exact) mass is 259 g/mol. The lowest BCUT2D eigenvalue weighted by Gasteiger charge is -2.49. The van der Waals surface area contributed by atoms with Crippen LogP contribution in [0.4, 0.5) is 0 Å². The van der Waals surface area contributed by atoms with E-state index in [0.717, 1.165) is 0 Å². The smallest absolute Gasteiger partial charge is 0.304 e. The summed E-state index contributed by atoms with van der Waals surface area (Å²) in [6.45, 7) is 5.45. The summed E-state index contributed by atoms with van der Waals surface area (Å²) < 4.78 is 15.8. The van der Waals surface area contributed by atoms with Gasteiger partial charge in [0, 0.05) is 21.1 Å². The predicted molar refractivity (Wildman–Crippen MR) is 63.6 cm³/mol. The fourth-order valence-electron chi connectivity index (χ4n) is 2.37. The molecule has 0 bridgehead atoms. The van der Waals surface area contributed by atoms with Gasteiger partial charge in [0.2, 0.25) is 5.91 Å². The Morgan fingerprint density at radius 1 is 1.44 bits per heavy atom. The molecule has 3 atom stereocenters.